The summed E-state index contributed by atoms with van der Waals surface area (Å²) in [5.74, 6) is -0.176. The van der Waals surface area contributed by atoms with Gasteiger partial charge in [-0.1, -0.05) is 180 Å². The molecule has 1 aliphatic rings. The number of nitrogens with one attached hydrogen (secondary N) is 1. The van der Waals surface area contributed by atoms with Crippen molar-refractivity contribution in [3.05, 3.63) is 12.2 Å². The standard InChI is InChI=1S/C42H81NO8/c1-3-5-7-9-11-13-15-17-18-20-22-24-26-28-30-32-38(46)43-35(34-50-42-41(49)40(48)39(47)37(33-44)51-42)36(45)31-29-27-25-23-21-19-16-14-12-10-8-6-4-2/h29,31,35-37,39-42,44-45,47-49H,3-28,30,32-34H2,1-2H3,(H,43,46)/b31-29+. The Morgan fingerprint density at radius 1 is 0.647 bits per heavy atom. The lowest BCUT2D eigenvalue weighted by molar-refractivity contribution is -0.302. The van der Waals surface area contributed by atoms with Crippen molar-refractivity contribution in [1.29, 1.82) is 0 Å². The SMILES string of the molecule is CCCCCCCCCCCCC/C=C/C(O)C(COC1OC(CO)C(O)C(O)C1O)NC(=O)CCCCCCCCCCCCCCCCC. The van der Waals surface area contributed by atoms with Crippen LogP contribution in [0.2, 0.25) is 0 Å². The monoisotopic (exact) mass is 728 g/mol. The average Bonchev–Trinajstić information content (AvgIpc) is 3.13. The van der Waals surface area contributed by atoms with Crippen LogP contribution in [0.1, 0.15) is 194 Å². The zero-order chi connectivity index (χ0) is 37.4. The van der Waals surface area contributed by atoms with E-state index in [1.807, 2.05) is 6.08 Å². The number of hydrogen-bond donors (Lipinski definition) is 6. The zero-order valence-corrected chi connectivity index (χ0v) is 32.9. The molecule has 7 atom stereocenters. The molecule has 1 aliphatic heterocycles. The molecule has 0 bridgehead atoms. The van der Waals surface area contributed by atoms with Crippen molar-refractivity contribution in [2.24, 2.45) is 0 Å². The fourth-order valence-corrected chi connectivity index (χ4v) is 6.86. The molecule has 0 aromatic rings. The van der Waals surface area contributed by atoms with E-state index >= 15 is 0 Å². The van der Waals surface area contributed by atoms with Gasteiger partial charge in [0.05, 0.1) is 25.4 Å². The number of rotatable bonds is 35. The Hall–Kier alpha value is -1.07. The maximum Gasteiger partial charge on any atom is 0.220 e. The molecule has 9 heteroatoms. The van der Waals surface area contributed by atoms with Gasteiger partial charge >= 0.3 is 0 Å². The van der Waals surface area contributed by atoms with Gasteiger partial charge in [0, 0.05) is 6.42 Å². The molecule has 9 nitrogen and oxygen atoms in total. The summed E-state index contributed by atoms with van der Waals surface area (Å²) in [4.78, 5) is 12.9. The Balaban J connectivity index is 2.39. The molecule has 51 heavy (non-hydrogen) atoms. The van der Waals surface area contributed by atoms with Crippen molar-refractivity contribution in [3.63, 3.8) is 0 Å². The zero-order valence-electron chi connectivity index (χ0n) is 32.9. The van der Waals surface area contributed by atoms with Crippen LogP contribution < -0.4 is 5.32 Å². The Morgan fingerprint density at radius 2 is 1.08 bits per heavy atom. The van der Waals surface area contributed by atoms with Crippen LogP contribution in [-0.4, -0.2) is 87.5 Å². The number of amides is 1. The minimum atomic E-state index is -1.56. The smallest absolute Gasteiger partial charge is 0.220 e. The molecular formula is C42H81NO8. The predicted molar refractivity (Wildman–Crippen MR) is 207 cm³/mol. The van der Waals surface area contributed by atoms with Gasteiger partial charge in [0.25, 0.3) is 0 Å². The van der Waals surface area contributed by atoms with Crippen LogP contribution in [-0.2, 0) is 14.3 Å². The van der Waals surface area contributed by atoms with Gasteiger partial charge in [-0.05, 0) is 19.3 Å². The molecular weight excluding hydrogens is 646 g/mol. The summed E-state index contributed by atoms with van der Waals surface area (Å²) < 4.78 is 11.2. The Kier molecular flexibility index (Phi) is 31.5. The summed E-state index contributed by atoms with van der Waals surface area (Å²) in [6.45, 7) is 3.76. The molecule has 1 amide bonds. The van der Waals surface area contributed by atoms with Gasteiger partial charge in [-0.15, -0.1) is 0 Å². The number of unbranched alkanes of at least 4 members (excludes halogenated alkanes) is 25. The van der Waals surface area contributed by atoms with Gasteiger partial charge in [-0.3, -0.25) is 4.79 Å². The molecule has 6 N–H and O–H groups in total. The maximum atomic E-state index is 12.9. The molecule has 7 unspecified atom stereocenters. The molecule has 1 saturated heterocycles. The van der Waals surface area contributed by atoms with Crippen molar-refractivity contribution < 1.29 is 39.8 Å². The second-order valence-electron chi connectivity index (χ2n) is 15.1. The lowest BCUT2D eigenvalue weighted by atomic mass is 9.99. The summed E-state index contributed by atoms with van der Waals surface area (Å²) in [7, 11) is 0. The molecule has 0 aromatic heterocycles. The van der Waals surface area contributed by atoms with Crippen molar-refractivity contribution in [1.82, 2.24) is 5.32 Å². The van der Waals surface area contributed by atoms with Crippen molar-refractivity contribution >= 4 is 5.91 Å². The van der Waals surface area contributed by atoms with Crippen LogP contribution in [0.25, 0.3) is 0 Å². The Morgan fingerprint density at radius 3 is 1.53 bits per heavy atom. The van der Waals surface area contributed by atoms with E-state index in [9.17, 15) is 30.3 Å². The molecule has 0 spiro atoms. The number of hydrogen-bond acceptors (Lipinski definition) is 8. The average molecular weight is 728 g/mol. The summed E-state index contributed by atoms with van der Waals surface area (Å²) in [6, 6.07) is -0.796. The summed E-state index contributed by atoms with van der Waals surface area (Å²) in [5, 5.41) is 54.0. The fraction of sp³-hybridized carbons (Fsp3) is 0.929. The predicted octanol–water partition coefficient (Wildman–Crippen LogP) is 8.17. The van der Waals surface area contributed by atoms with Crippen LogP contribution in [0.4, 0.5) is 0 Å². The lowest BCUT2D eigenvalue weighted by Gasteiger charge is -2.40. The minimum Gasteiger partial charge on any atom is -0.394 e. The normalized spacial score (nSPS) is 22.1. The summed E-state index contributed by atoms with van der Waals surface area (Å²) >= 11 is 0. The van der Waals surface area contributed by atoms with E-state index in [4.69, 9.17) is 9.47 Å². The number of aliphatic hydroxyl groups is 5. The highest BCUT2D eigenvalue weighted by Crippen LogP contribution is 2.22. The van der Waals surface area contributed by atoms with Crippen molar-refractivity contribution in [2.75, 3.05) is 13.2 Å². The lowest BCUT2D eigenvalue weighted by Crippen LogP contribution is -2.60. The molecule has 1 rings (SSSR count). The number of carbonyl (C=O) groups is 1. The van der Waals surface area contributed by atoms with Crippen LogP contribution >= 0.6 is 0 Å². The molecule has 0 saturated carbocycles. The first-order valence-corrected chi connectivity index (χ1v) is 21.4. The molecule has 302 valence electrons. The van der Waals surface area contributed by atoms with Gasteiger partial charge in [-0.25, -0.2) is 0 Å². The fourth-order valence-electron chi connectivity index (χ4n) is 6.86. The molecule has 0 aliphatic carbocycles. The second kappa shape index (κ2) is 33.5. The van der Waals surface area contributed by atoms with Gasteiger partial charge in [0.1, 0.15) is 24.4 Å². The van der Waals surface area contributed by atoms with Gasteiger partial charge in [-0.2, -0.15) is 0 Å². The van der Waals surface area contributed by atoms with Gasteiger partial charge < -0.3 is 40.3 Å². The molecule has 1 fully saturated rings. The van der Waals surface area contributed by atoms with Crippen LogP contribution in [0.5, 0.6) is 0 Å². The van der Waals surface area contributed by atoms with E-state index in [0.717, 1.165) is 38.5 Å². The highest BCUT2D eigenvalue weighted by atomic mass is 16.7. The van der Waals surface area contributed by atoms with Gasteiger partial charge in [0.15, 0.2) is 6.29 Å². The first-order chi connectivity index (χ1) is 24.8. The third-order valence-corrected chi connectivity index (χ3v) is 10.4. The third kappa shape index (κ3) is 24.8. The second-order valence-corrected chi connectivity index (χ2v) is 15.1. The van der Waals surface area contributed by atoms with Crippen molar-refractivity contribution in [3.8, 4) is 0 Å². The molecule has 1 heterocycles. The quantitative estimate of drug-likeness (QED) is 0.0283. The number of ether oxygens (including phenoxy) is 2. The van der Waals surface area contributed by atoms with Gasteiger partial charge in [0.2, 0.25) is 5.91 Å². The van der Waals surface area contributed by atoms with Crippen LogP contribution in [0.15, 0.2) is 12.2 Å². The molecule has 0 aromatic carbocycles. The highest BCUT2D eigenvalue weighted by molar-refractivity contribution is 5.76. The first kappa shape index (κ1) is 48.0. The van der Waals surface area contributed by atoms with E-state index in [2.05, 4.69) is 19.2 Å². The Labute approximate surface area is 312 Å². The number of carbonyl (C=O) groups excluding carboxylic acids is 1. The van der Waals surface area contributed by atoms with E-state index in [1.54, 1.807) is 6.08 Å². The highest BCUT2D eigenvalue weighted by Gasteiger charge is 2.44. The Bertz CT molecular complexity index is 812. The largest absolute Gasteiger partial charge is 0.394 e. The topological polar surface area (TPSA) is 149 Å². The molecule has 0 radical (unpaired) electrons. The van der Waals surface area contributed by atoms with E-state index < -0.39 is 49.5 Å². The number of allylic oxidation sites excluding steroid dienone is 1. The van der Waals surface area contributed by atoms with E-state index in [-0.39, 0.29) is 12.5 Å². The minimum absolute atomic E-state index is 0.176. The van der Waals surface area contributed by atoms with Crippen molar-refractivity contribution in [2.45, 2.75) is 236 Å². The first-order valence-electron chi connectivity index (χ1n) is 21.4. The summed E-state index contributed by atoms with van der Waals surface area (Å²) in [6.07, 6.45) is 29.6. The maximum absolute atomic E-state index is 12.9. The summed E-state index contributed by atoms with van der Waals surface area (Å²) in [5.41, 5.74) is 0. The van der Waals surface area contributed by atoms with E-state index in [0.29, 0.717) is 6.42 Å². The third-order valence-electron chi connectivity index (χ3n) is 10.4. The van der Waals surface area contributed by atoms with Crippen LogP contribution in [0.3, 0.4) is 0 Å². The number of aliphatic hydroxyl groups excluding tert-OH is 5. The van der Waals surface area contributed by atoms with Crippen LogP contribution in [0, 0.1) is 0 Å². The van der Waals surface area contributed by atoms with E-state index in [1.165, 1.54) is 135 Å².